The van der Waals surface area contributed by atoms with Crippen LogP contribution in [0, 0.1) is 13.1 Å². The molecule has 0 aromatic heterocycles. The molecule has 3 nitrogen and oxygen atoms in total. The Morgan fingerprint density at radius 1 is 0.485 bits per heavy atom. The van der Waals surface area contributed by atoms with Crippen molar-refractivity contribution in [1.29, 1.82) is 0 Å². The standard InChI is InChI=1S/C30H21N3/c1-31-22-20-24-8-14-28(15-9-24)33(29-16-10-25(11-17-29)21-23-32-2)30-18-12-27(13-19-30)26-6-4-3-5-7-26/h3-23H/b22-20-,23-21+. The topological polar surface area (TPSA) is 12.0 Å². The van der Waals surface area contributed by atoms with E-state index >= 15 is 0 Å². The summed E-state index contributed by atoms with van der Waals surface area (Å²) < 4.78 is 0. The fraction of sp³-hybridized carbons (Fsp3) is 0. The Labute approximate surface area is 194 Å². The van der Waals surface area contributed by atoms with E-state index in [2.05, 4.69) is 75.3 Å². The SMILES string of the molecule is [C-]#[N+]/C=C\c1ccc(N(c2ccc(/C=C/[N+]#[C-])cc2)c2ccc(-c3ccccc3)cc2)cc1. The Balaban J connectivity index is 1.73. The van der Waals surface area contributed by atoms with E-state index in [1.54, 1.807) is 12.2 Å². The number of hydrogen-bond donors (Lipinski definition) is 0. The van der Waals surface area contributed by atoms with E-state index in [1.165, 1.54) is 23.5 Å². The van der Waals surface area contributed by atoms with Crippen molar-refractivity contribution >= 4 is 29.2 Å². The van der Waals surface area contributed by atoms with E-state index in [0.717, 1.165) is 28.2 Å². The fourth-order valence-corrected chi connectivity index (χ4v) is 3.60. The second-order valence-corrected chi connectivity index (χ2v) is 7.32. The van der Waals surface area contributed by atoms with Gasteiger partial charge in [-0.2, -0.15) is 0 Å². The lowest BCUT2D eigenvalue weighted by Crippen LogP contribution is -2.09. The van der Waals surface area contributed by atoms with Crippen LogP contribution in [-0.4, -0.2) is 0 Å². The van der Waals surface area contributed by atoms with Crippen LogP contribution in [0.3, 0.4) is 0 Å². The molecule has 4 aromatic rings. The van der Waals surface area contributed by atoms with E-state index in [0.29, 0.717) is 0 Å². The fourth-order valence-electron chi connectivity index (χ4n) is 3.60. The summed E-state index contributed by atoms with van der Waals surface area (Å²) >= 11 is 0. The van der Waals surface area contributed by atoms with Crippen molar-refractivity contribution in [3.05, 3.63) is 149 Å². The van der Waals surface area contributed by atoms with Crippen LogP contribution >= 0.6 is 0 Å². The van der Waals surface area contributed by atoms with Crippen LogP contribution < -0.4 is 4.90 Å². The summed E-state index contributed by atoms with van der Waals surface area (Å²) in [5.41, 5.74) is 7.39. The molecule has 0 aliphatic heterocycles. The Morgan fingerprint density at radius 3 is 1.30 bits per heavy atom. The van der Waals surface area contributed by atoms with Crippen molar-refractivity contribution in [2.75, 3.05) is 4.90 Å². The molecule has 0 unspecified atom stereocenters. The van der Waals surface area contributed by atoms with E-state index in [1.807, 2.05) is 42.5 Å². The Kier molecular flexibility index (Phi) is 6.76. The van der Waals surface area contributed by atoms with Gasteiger partial charge in [0.15, 0.2) is 12.4 Å². The maximum absolute atomic E-state index is 6.93. The molecule has 0 atom stereocenters. The van der Waals surface area contributed by atoms with E-state index < -0.39 is 0 Å². The monoisotopic (exact) mass is 423 g/mol. The quantitative estimate of drug-likeness (QED) is 0.283. The van der Waals surface area contributed by atoms with Gasteiger partial charge in [-0.3, -0.25) is 0 Å². The predicted octanol–water partition coefficient (Wildman–Crippen LogP) is 8.60. The van der Waals surface area contributed by atoms with Gasteiger partial charge < -0.3 is 4.90 Å². The van der Waals surface area contributed by atoms with Gasteiger partial charge in [0.2, 0.25) is 0 Å². The van der Waals surface area contributed by atoms with E-state index in [9.17, 15) is 0 Å². The highest BCUT2D eigenvalue weighted by molar-refractivity contribution is 5.79. The zero-order chi connectivity index (χ0) is 22.9. The molecule has 4 aromatic carbocycles. The average Bonchev–Trinajstić information content (AvgIpc) is 2.89. The lowest BCUT2D eigenvalue weighted by Gasteiger charge is -2.26. The maximum Gasteiger partial charge on any atom is 0.154 e. The van der Waals surface area contributed by atoms with Crippen molar-refractivity contribution in [1.82, 2.24) is 0 Å². The van der Waals surface area contributed by atoms with Gasteiger partial charge in [-0.1, -0.05) is 78.9 Å². The number of hydrogen-bond acceptors (Lipinski definition) is 1. The lowest BCUT2D eigenvalue weighted by atomic mass is 10.0. The number of nitrogens with zero attached hydrogens (tertiary/aromatic N) is 3. The Hall–Kier alpha value is -4.86. The van der Waals surface area contributed by atoms with Gasteiger partial charge in [-0.15, -0.1) is 0 Å². The summed E-state index contributed by atoms with van der Waals surface area (Å²) in [7, 11) is 0. The molecule has 156 valence electrons. The molecular formula is C30H21N3. The summed E-state index contributed by atoms with van der Waals surface area (Å²) in [6.07, 6.45) is 6.53. The minimum atomic E-state index is 0.980. The predicted molar refractivity (Wildman–Crippen MR) is 138 cm³/mol. The molecule has 0 spiro atoms. The van der Waals surface area contributed by atoms with Crippen molar-refractivity contribution < 1.29 is 0 Å². The molecule has 0 radical (unpaired) electrons. The molecule has 0 N–H and O–H groups in total. The molecule has 0 aliphatic carbocycles. The van der Waals surface area contributed by atoms with Gasteiger partial charge in [0, 0.05) is 17.1 Å². The Morgan fingerprint density at radius 2 is 0.879 bits per heavy atom. The molecule has 0 aliphatic rings. The maximum atomic E-state index is 6.93. The molecule has 0 saturated carbocycles. The van der Waals surface area contributed by atoms with Crippen LogP contribution in [0.25, 0.3) is 33.0 Å². The van der Waals surface area contributed by atoms with Gasteiger partial charge in [0.1, 0.15) is 0 Å². The summed E-state index contributed by atoms with van der Waals surface area (Å²) in [6, 6.07) is 35.1. The first-order valence-corrected chi connectivity index (χ1v) is 10.5. The second-order valence-electron chi connectivity index (χ2n) is 7.32. The van der Waals surface area contributed by atoms with Gasteiger partial charge >= 0.3 is 0 Å². The summed E-state index contributed by atoms with van der Waals surface area (Å²) in [4.78, 5) is 8.76. The van der Waals surface area contributed by atoms with Crippen LogP contribution in [0.5, 0.6) is 0 Å². The van der Waals surface area contributed by atoms with E-state index in [-0.39, 0.29) is 0 Å². The highest BCUT2D eigenvalue weighted by Crippen LogP contribution is 2.36. The number of benzene rings is 4. The minimum absolute atomic E-state index is 0.980. The van der Waals surface area contributed by atoms with Crippen molar-refractivity contribution in [2.45, 2.75) is 0 Å². The van der Waals surface area contributed by atoms with Gasteiger partial charge in [0.25, 0.3) is 0 Å². The highest BCUT2D eigenvalue weighted by Gasteiger charge is 2.12. The summed E-state index contributed by atoms with van der Waals surface area (Å²) in [6.45, 7) is 13.9. The molecule has 4 rings (SSSR count). The molecule has 0 saturated heterocycles. The molecule has 0 amide bonds. The van der Waals surface area contributed by atoms with Crippen molar-refractivity contribution in [3.63, 3.8) is 0 Å². The lowest BCUT2D eigenvalue weighted by molar-refractivity contribution is 1.28. The zero-order valence-corrected chi connectivity index (χ0v) is 18.0. The first-order valence-electron chi connectivity index (χ1n) is 10.5. The molecule has 3 heteroatoms. The Bertz CT molecular complexity index is 1270. The largest absolute Gasteiger partial charge is 0.311 e. The van der Waals surface area contributed by atoms with Crippen molar-refractivity contribution in [2.24, 2.45) is 0 Å². The van der Waals surface area contributed by atoms with Crippen LogP contribution in [0.4, 0.5) is 17.1 Å². The average molecular weight is 424 g/mol. The first-order chi connectivity index (χ1) is 16.3. The third-order valence-electron chi connectivity index (χ3n) is 5.22. The van der Waals surface area contributed by atoms with Crippen LogP contribution in [0.1, 0.15) is 11.1 Å². The molecule has 0 heterocycles. The van der Waals surface area contributed by atoms with E-state index in [4.69, 9.17) is 13.1 Å². The van der Waals surface area contributed by atoms with Crippen LogP contribution in [-0.2, 0) is 0 Å². The molecule has 0 fully saturated rings. The molecule has 33 heavy (non-hydrogen) atoms. The van der Waals surface area contributed by atoms with Gasteiger partial charge in [-0.05, 0) is 58.7 Å². The highest BCUT2D eigenvalue weighted by atomic mass is 15.1. The summed E-state index contributed by atoms with van der Waals surface area (Å²) in [5, 5.41) is 0. The summed E-state index contributed by atoms with van der Waals surface area (Å²) in [5.74, 6) is 0. The van der Waals surface area contributed by atoms with Gasteiger partial charge in [0.05, 0.1) is 13.1 Å². The first kappa shape index (κ1) is 21.4. The van der Waals surface area contributed by atoms with Crippen molar-refractivity contribution in [3.8, 4) is 11.1 Å². The zero-order valence-electron chi connectivity index (χ0n) is 18.0. The number of anilines is 3. The third-order valence-corrected chi connectivity index (χ3v) is 5.22. The second kappa shape index (κ2) is 10.4. The number of rotatable bonds is 6. The minimum Gasteiger partial charge on any atom is -0.311 e. The third kappa shape index (κ3) is 5.25. The molecular weight excluding hydrogens is 402 g/mol. The van der Waals surface area contributed by atoms with Crippen LogP contribution in [0.15, 0.2) is 116 Å². The molecule has 0 bridgehead atoms. The van der Waals surface area contributed by atoms with Crippen LogP contribution in [0.2, 0.25) is 0 Å². The van der Waals surface area contributed by atoms with Gasteiger partial charge in [-0.25, -0.2) is 9.69 Å². The normalized spacial score (nSPS) is 10.7. The smallest absolute Gasteiger partial charge is 0.154 e.